The standard InChI is InChI=1S/C15H23BrN2O3S/c1-3-11-18(12-4-2)22(20,21)14-7-5-13(6-8-14)17-15(19)9-10-16/h5-8H,3-4,9-12H2,1-2H3,(H,17,19). The maximum atomic E-state index is 12.6. The molecule has 0 bridgehead atoms. The van der Waals surface area contributed by atoms with Gasteiger partial charge in [-0.3, -0.25) is 4.79 Å². The summed E-state index contributed by atoms with van der Waals surface area (Å²) in [7, 11) is -3.47. The number of sulfonamides is 1. The molecule has 0 saturated carbocycles. The smallest absolute Gasteiger partial charge is 0.243 e. The molecule has 0 atom stereocenters. The van der Waals surface area contributed by atoms with Crippen LogP contribution in [0.15, 0.2) is 29.2 Å². The van der Waals surface area contributed by atoms with E-state index in [9.17, 15) is 13.2 Å². The number of amides is 1. The molecule has 1 N–H and O–H groups in total. The fourth-order valence-corrected chi connectivity index (χ4v) is 4.00. The Balaban J connectivity index is 2.89. The third-order valence-electron chi connectivity index (χ3n) is 3.04. The van der Waals surface area contributed by atoms with E-state index in [-0.39, 0.29) is 10.8 Å². The quantitative estimate of drug-likeness (QED) is 0.658. The van der Waals surface area contributed by atoms with Crippen molar-refractivity contribution in [3.05, 3.63) is 24.3 Å². The number of nitrogens with one attached hydrogen (secondary N) is 1. The van der Waals surface area contributed by atoms with Gasteiger partial charge in [-0.2, -0.15) is 4.31 Å². The molecule has 0 aliphatic heterocycles. The molecule has 0 unspecified atom stereocenters. The van der Waals surface area contributed by atoms with Crippen LogP contribution in [0.3, 0.4) is 0 Å². The largest absolute Gasteiger partial charge is 0.326 e. The van der Waals surface area contributed by atoms with Crippen molar-refractivity contribution < 1.29 is 13.2 Å². The molecule has 0 fully saturated rings. The molecule has 1 aromatic carbocycles. The number of anilines is 1. The third kappa shape index (κ3) is 5.37. The van der Waals surface area contributed by atoms with Gasteiger partial charge in [0.2, 0.25) is 15.9 Å². The fraction of sp³-hybridized carbons (Fsp3) is 0.533. The molecule has 0 spiro atoms. The molecule has 1 amide bonds. The SMILES string of the molecule is CCCN(CCC)S(=O)(=O)c1ccc(NC(=O)CCBr)cc1. The monoisotopic (exact) mass is 390 g/mol. The van der Waals surface area contributed by atoms with E-state index in [1.54, 1.807) is 12.1 Å². The Bertz CT molecular complexity index is 567. The molecule has 0 radical (unpaired) electrons. The Labute approximate surface area is 141 Å². The number of hydrogen-bond acceptors (Lipinski definition) is 3. The number of carbonyl (C=O) groups excluding carboxylic acids is 1. The Morgan fingerprint density at radius 2 is 1.68 bits per heavy atom. The zero-order chi connectivity index (χ0) is 16.6. The molecule has 1 aromatic rings. The van der Waals surface area contributed by atoms with Crippen LogP contribution < -0.4 is 5.32 Å². The molecule has 22 heavy (non-hydrogen) atoms. The Morgan fingerprint density at radius 3 is 2.14 bits per heavy atom. The molecule has 1 rings (SSSR count). The number of rotatable bonds is 9. The lowest BCUT2D eigenvalue weighted by Crippen LogP contribution is -2.32. The molecule has 124 valence electrons. The van der Waals surface area contributed by atoms with Crippen LogP contribution in [0.2, 0.25) is 0 Å². The number of carbonyl (C=O) groups is 1. The van der Waals surface area contributed by atoms with Gasteiger partial charge < -0.3 is 5.32 Å². The van der Waals surface area contributed by atoms with Crippen LogP contribution in [0, 0.1) is 0 Å². The number of alkyl halides is 1. The van der Waals surface area contributed by atoms with Crippen LogP contribution in [-0.2, 0) is 14.8 Å². The van der Waals surface area contributed by atoms with Crippen molar-refractivity contribution in [3.63, 3.8) is 0 Å². The van der Waals surface area contributed by atoms with Crippen LogP contribution in [0.4, 0.5) is 5.69 Å². The average molecular weight is 391 g/mol. The van der Waals surface area contributed by atoms with Gasteiger partial charge in [0.25, 0.3) is 0 Å². The van der Waals surface area contributed by atoms with Crippen LogP contribution in [0.5, 0.6) is 0 Å². The maximum absolute atomic E-state index is 12.6. The average Bonchev–Trinajstić information content (AvgIpc) is 2.48. The highest BCUT2D eigenvalue weighted by atomic mass is 79.9. The van der Waals surface area contributed by atoms with Crippen LogP contribution >= 0.6 is 15.9 Å². The van der Waals surface area contributed by atoms with E-state index in [2.05, 4.69) is 21.2 Å². The van der Waals surface area contributed by atoms with Crippen LogP contribution in [0.1, 0.15) is 33.1 Å². The van der Waals surface area contributed by atoms with E-state index in [0.29, 0.717) is 30.5 Å². The predicted molar refractivity (Wildman–Crippen MR) is 92.8 cm³/mol. The van der Waals surface area contributed by atoms with Crippen molar-refractivity contribution in [2.45, 2.75) is 38.0 Å². The van der Waals surface area contributed by atoms with Crippen molar-refractivity contribution in [1.29, 1.82) is 0 Å². The minimum atomic E-state index is -3.47. The van der Waals surface area contributed by atoms with Gasteiger partial charge in [-0.1, -0.05) is 29.8 Å². The molecule has 0 aliphatic rings. The predicted octanol–water partition coefficient (Wildman–Crippen LogP) is 3.22. The lowest BCUT2D eigenvalue weighted by atomic mass is 10.3. The normalized spacial score (nSPS) is 11.6. The van der Waals surface area contributed by atoms with E-state index in [1.807, 2.05) is 13.8 Å². The van der Waals surface area contributed by atoms with E-state index in [0.717, 1.165) is 12.8 Å². The first-order chi connectivity index (χ1) is 10.5. The third-order valence-corrected chi connectivity index (χ3v) is 5.35. The maximum Gasteiger partial charge on any atom is 0.243 e. The number of hydrogen-bond donors (Lipinski definition) is 1. The second kappa shape index (κ2) is 9.27. The molecule has 0 heterocycles. The summed E-state index contributed by atoms with van der Waals surface area (Å²) in [5.41, 5.74) is 0.599. The second-order valence-electron chi connectivity index (χ2n) is 4.92. The van der Waals surface area contributed by atoms with E-state index < -0.39 is 10.0 Å². The topological polar surface area (TPSA) is 66.5 Å². The molecule has 0 aliphatic carbocycles. The Kier molecular flexibility index (Phi) is 8.06. The van der Waals surface area contributed by atoms with Crippen molar-refractivity contribution >= 4 is 37.5 Å². The van der Waals surface area contributed by atoms with E-state index >= 15 is 0 Å². The fourth-order valence-electron chi connectivity index (χ4n) is 2.02. The zero-order valence-electron chi connectivity index (χ0n) is 13.0. The molecular formula is C15H23BrN2O3S. The van der Waals surface area contributed by atoms with Gasteiger partial charge in [0.1, 0.15) is 0 Å². The first-order valence-corrected chi connectivity index (χ1v) is 9.97. The lowest BCUT2D eigenvalue weighted by Gasteiger charge is -2.21. The molecule has 0 saturated heterocycles. The molecule has 0 aromatic heterocycles. The number of nitrogens with zero attached hydrogens (tertiary/aromatic N) is 1. The highest BCUT2D eigenvalue weighted by Gasteiger charge is 2.22. The summed E-state index contributed by atoms with van der Waals surface area (Å²) in [6.45, 7) is 4.95. The van der Waals surface area contributed by atoms with Gasteiger partial charge in [-0.05, 0) is 37.1 Å². The van der Waals surface area contributed by atoms with Gasteiger partial charge >= 0.3 is 0 Å². The van der Waals surface area contributed by atoms with Crippen molar-refractivity contribution in [1.82, 2.24) is 4.31 Å². The van der Waals surface area contributed by atoms with Gasteiger partial charge in [-0.15, -0.1) is 0 Å². The summed E-state index contributed by atoms with van der Waals surface area (Å²) in [6.07, 6.45) is 1.93. The summed E-state index contributed by atoms with van der Waals surface area (Å²) >= 11 is 3.20. The van der Waals surface area contributed by atoms with Crippen LogP contribution in [0.25, 0.3) is 0 Å². The van der Waals surface area contributed by atoms with Gasteiger partial charge in [0.15, 0.2) is 0 Å². The van der Waals surface area contributed by atoms with Crippen molar-refractivity contribution in [2.24, 2.45) is 0 Å². The van der Waals surface area contributed by atoms with Crippen molar-refractivity contribution in [2.75, 3.05) is 23.7 Å². The highest BCUT2D eigenvalue weighted by Crippen LogP contribution is 2.19. The summed E-state index contributed by atoms with van der Waals surface area (Å²) in [4.78, 5) is 11.8. The minimum Gasteiger partial charge on any atom is -0.326 e. The van der Waals surface area contributed by atoms with E-state index in [4.69, 9.17) is 0 Å². The molecule has 5 nitrogen and oxygen atoms in total. The Hall–Kier alpha value is -0.920. The Morgan fingerprint density at radius 1 is 1.14 bits per heavy atom. The number of benzene rings is 1. The molecule has 7 heteroatoms. The van der Waals surface area contributed by atoms with Crippen molar-refractivity contribution in [3.8, 4) is 0 Å². The van der Waals surface area contributed by atoms with Gasteiger partial charge in [-0.25, -0.2) is 8.42 Å². The lowest BCUT2D eigenvalue weighted by molar-refractivity contribution is -0.115. The van der Waals surface area contributed by atoms with E-state index in [1.165, 1.54) is 16.4 Å². The summed E-state index contributed by atoms with van der Waals surface area (Å²) in [5, 5.41) is 3.32. The summed E-state index contributed by atoms with van der Waals surface area (Å²) < 4.78 is 26.7. The first kappa shape index (κ1) is 19.1. The minimum absolute atomic E-state index is 0.105. The van der Waals surface area contributed by atoms with Gasteiger partial charge in [0.05, 0.1) is 4.90 Å². The highest BCUT2D eigenvalue weighted by molar-refractivity contribution is 9.09. The first-order valence-electron chi connectivity index (χ1n) is 7.41. The zero-order valence-corrected chi connectivity index (χ0v) is 15.4. The second-order valence-corrected chi connectivity index (χ2v) is 7.65. The summed E-state index contributed by atoms with van der Waals surface area (Å²) in [5.74, 6) is -0.105. The molecular weight excluding hydrogens is 368 g/mol. The number of halogens is 1. The van der Waals surface area contributed by atoms with Crippen LogP contribution in [-0.4, -0.2) is 37.0 Å². The summed E-state index contributed by atoms with van der Waals surface area (Å²) in [6, 6.07) is 6.32. The van der Waals surface area contributed by atoms with Gasteiger partial charge in [0, 0.05) is 30.5 Å².